The maximum Gasteiger partial charge on any atom is 0.306 e. The lowest BCUT2D eigenvalue weighted by molar-refractivity contribution is -0.151. The second-order valence-electron chi connectivity index (χ2n) is 7.35. The summed E-state index contributed by atoms with van der Waals surface area (Å²) in [7, 11) is 0. The number of hydrogen-bond acceptors (Lipinski definition) is 4. The van der Waals surface area contributed by atoms with Crippen molar-refractivity contribution in [1.29, 1.82) is 0 Å². The molecule has 0 spiro atoms. The van der Waals surface area contributed by atoms with E-state index in [1.807, 2.05) is 0 Å². The average Bonchev–Trinajstić information content (AvgIpc) is 2.67. The lowest BCUT2D eigenvalue weighted by Crippen LogP contribution is -2.15. The predicted molar refractivity (Wildman–Crippen MR) is 105 cm³/mol. The molecule has 0 aromatic rings. The third-order valence-corrected chi connectivity index (χ3v) is 4.86. The Labute approximate surface area is 159 Å². The molecule has 26 heavy (non-hydrogen) atoms. The van der Waals surface area contributed by atoms with Crippen molar-refractivity contribution in [2.75, 3.05) is 13.2 Å². The van der Waals surface area contributed by atoms with Crippen LogP contribution in [0.5, 0.6) is 0 Å². The van der Waals surface area contributed by atoms with Crippen molar-refractivity contribution in [2.45, 2.75) is 96.8 Å². The van der Waals surface area contributed by atoms with Gasteiger partial charge in [-0.3, -0.25) is 9.59 Å². The first-order valence-electron chi connectivity index (χ1n) is 10.7. The highest BCUT2D eigenvalue weighted by Crippen LogP contribution is 2.17. The van der Waals surface area contributed by atoms with E-state index in [4.69, 9.17) is 9.47 Å². The van der Waals surface area contributed by atoms with Gasteiger partial charge in [-0.15, -0.1) is 0 Å². The van der Waals surface area contributed by atoms with Crippen LogP contribution >= 0.6 is 0 Å². The van der Waals surface area contributed by atoms with Crippen LogP contribution in [0.15, 0.2) is 12.2 Å². The van der Waals surface area contributed by atoms with Crippen LogP contribution in [-0.2, 0) is 19.1 Å². The molecule has 150 valence electrons. The van der Waals surface area contributed by atoms with Crippen LogP contribution in [0.1, 0.15) is 96.8 Å². The van der Waals surface area contributed by atoms with Crippen molar-refractivity contribution in [3.63, 3.8) is 0 Å². The highest BCUT2D eigenvalue weighted by Gasteiger charge is 2.13. The summed E-state index contributed by atoms with van der Waals surface area (Å²) in [6.45, 7) is 3.14. The van der Waals surface area contributed by atoms with Crippen LogP contribution in [0.4, 0.5) is 0 Å². The number of esters is 2. The zero-order valence-corrected chi connectivity index (χ0v) is 16.7. The molecule has 0 saturated carbocycles. The van der Waals surface area contributed by atoms with Crippen molar-refractivity contribution in [1.82, 2.24) is 0 Å². The van der Waals surface area contributed by atoms with E-state index in [9.17, 15) is 9.59 Å². The monoisotopic (exact) mass is 366 g/mol. The highest BCUT2D eigenvalue weighted by molar-refractivity contribution is 5.77. The van der Waals surface area contributed by atoms with Crippen LogP contribution < -0.4 is 0 Å². The first-order valence-corrected chi connectivity index (χ1v) is 10.7. The SMILES string of the molecule is CCCCCCCCCCCOC(=O)CCC(=O)OCC1C=CCCC1. The van der Waals surface area contributed by atoms with Crippen molar-refractivity contribution < 1.29 is 19.1 Å². The van der Waals surface area contributed by atoms with Gasteiger partial charge in [-0.1, -0.05) is 70.4 Å². The lowest BCUT2D eigenvalue weighted by atomic mass is 9.97. The van der Waals surface area contributed by atoms with Gasteiger partial charge in [0.1, 0.15) is 0 Å². The summed E-state index contributed by atoms with van der Waals surface area (Å²) in [5.74, 6) is -0.255. The van der Waals surface area contributed by atoms with Crippen LogP contribution in [0, 0.1) is 5.92 Å². The van der Waals surface area contributed by atoms with Gasteiger partial charge in [-0.05, 0) is 25.7 Å². The Kier molecular flexibility index (Phi) is 13.9. The first kappa shape index (κ1) is 22.7. The number of hydrogen-bond donors (Lipinski definition) is 0. The third-order valence-electron chi connectivity index (χ3n) is 4.86. The molecule has 1 atom stereocenters. The summed E-state index contributed by atoms with van der Waals surface area (Å²) in [5.41, 5.74) is 0. The number of carbonyl (C=O) groups excluding carboxylic acids is 2. The van der Waals surface area contributed by atoms with Gasteiger partial charge in [0, 0.05) is 5.92 Å². The van der Waals surface area contributed by atoms with Crippen LogP contribution in [0.25, 0.3) is 0 Å². The minimum absolute atomic E-state index is 0.118. The predicted octanol–water partition coefficient (Wildman–Crippen LogP) is 5.74. The Hall–Kier alpha value is -1.32. The first-order chi connectivity index (χ1) is 12.7. The number of rotatable bonds is 15. The molecule has 0 heterocycles. The van der Waals surface area contributed by atoms with Gasteiger partial charge >= 0.3 is 11.9 Å². The molecule has 0 radical (unpaired) electrons. The summed E-state index contributed by atoms with van der Waals surface area (Å²) < 4.78 is 10.4. The Morgan fingerprint density at radius 2 is 1.50 bits per heavy atom. The standard InChI is InChI=1S/C22H38O4/c1-2-3-4-5-6-7-8-9-13-18-25-21(23)16-17-22(24)26-19-20-14-11-10-12-15-20/h11,14,20H,2-10,12-13,15-19H2,1H3. The van der Waals surface area contributed by atoms with E-state index in [2.05, 4.69) is 19.1 Å². The molecule has 0 aromatic carbocycles. The molecule has 0 aromatic heterocycles. The molecule has 0 fully saturated rings. The number of allylic oxidation sites excluding steroid dienone is 1. The lowest BCUT2D eigenvalue weighted by Gasteiger charge is -2.15. The number of carbonyl (C=O) groups is 2. The smallest absolute Gasteiger partial charge is 0.306 e. The molecule has 0 saturated heterocycles. The van der Waals surface area contributed by atoms with Crippen molar-refractivity contribution in [2.24, 2.45) is 5.92 Å². The van der Waals surface area contributed by atoms with Gasteiger partial charge in [-0.2, -0.15) is 0 Å². The third kappa shape index (κ3) is 13.0. The van der Waals surface area contributed by atoms with E-state index in [1.165, 1.54) is 44.9 Å². The van der Waals surface area contributed by atoms with Gasteiger partial charge in [0.15, 0.2) is 0 Å². The Bertz CT molecular complexity index is 403. The molecule has 0 N–H and O–H groups in total. The van der Waals surface area contributed by atoms with Crippen LogP contribution in [-0.4, -0.2) is 25.2 Å². The Morgan fingerprint density at radius 3 is 2.12 bits per heavy atom. The molecule has 4 nitrogen and oxygen atoms in total. The minimum Gasteiger partial charge on any atom is -0.466 e. The van der Waals surface area contributed by atoms with Gasteiger partial charge in [0.05, 0.1) is 26.1 Å². The maximum atomic E-state index is 11.7. The van der Waals surface area contributed by atoms with Crippen molar-refractivity contribution in [3.05, 3.63) is 12.2 Å². The molecular formula is C22H38O4. The molecular weight excluding hydrogens is 328 g/mol. The quantitative estimate of drug-likeness (QED) is 0.211. The summed E-state index contributed by atoms with van der Waals surface area (Å²) in [6, 6.07) is 0. The van der Waals surface area contributed by atoms with E-state index < -0.39 is 0 Å². The number of ether oxygens (including phenoxy) is 2. The van der Waals surface area contributed by atoms with Gasteiger partial charge in [-0.25, -0.2) is 0 Å². The van der Waals surface area contributed by atoms with E-state index in [-0.39, 0.29) is 24.8 Å². The number of unbranched alkanes of at least 4 members (excludes halogenated alkanes) is 8. The zero-order valence-electron chi connectivity index (χ0n) is 16.7. The largest absolute Gasteiger partial charge is 0.466 e. The normalized spacial score (nSPS) is 16.4. The molecule has 0 amide bonds. The van der Waals surface area contributed by atoms with Crippen molar-refractivity contribution >= 4 is 11.9 Å². The molecule has 1 aliphatic carbocycles. The Balaban J connectivity index is 1.87. The molecule has 0 aliphatic heterocycles. The summed E-state index contributed by atoms with van der Waals surface area (Å²) >= 11 is 0. The molecule has 1 rings (SSSR count). The molecule has 0 bridgehead atoms. The zero-order chi connectivity index (χ0) is 18.9. The van der Waals surface area contributed by atoms with E-state index in [0.717, 1.165) is 32.1 Å². The second kappa shape index (κ2) is 15.9. The fraction of sp³-hybridized carbons (Fsp3) is 0.818. The average molecular weight is 367 g/mol. The van der Waals surface area contributed by atoms with E-state index in [0.29, 0.717) is 19.1 Å². The fourth-order valence-electron chi connectivity index (χ4n) is 3.17. The topological polar surface area (TPSA) is 52.6 Å². The van der Waals surface area contributed by atoms with Gasteiger partial charge < -0.3 is 9.47 Å². The van der Waals surface area contributed by atoms with Crippen LogP contribution in [0.3, 0.4) is 0 Å². The summed E-state index contributed by atoms with van der Waals surface area (Å²) in [4.78, 5) is 23.3. The maximum absolute atomic E-state index is 11.7. The molecule has 4 heteroatoms. The van der Waals surface area contributed by atoms with E-state index in [1.54, 1.807) is 0 Å². The summed E-state index contributed by atoms with van der Waals surface area (Å²) in [6.07, 6.45) is 19.0. The van der Waals surface area contributed by atoms with E-state index >= 15 is 0 Å². The summed E-state index contributed by atoms with van der Waals surface area (Å²) in [5, 5.41) is 0. The van der Waals surface area contributed by atoms with Crippen LogP contribution in [0.2, 0.25) is 0 Å². The molecule has 1 aliphatic rings. The van der Waals surface area contributed by atoms with Gasteiger partial charge in [0.25, 0.3) is 0 Å². The second-order valence-corrected chi connectivity index (χ2v) is 7.35. The molecule has 1 unspecified atom stereocenters. The Morgan fingerprint density at radius 1 is 0.885 bits per heavy atom. The fourth-order valence-corrected chi connectivity index (χ4v) is 3.17. The van der Waals surface area contributed by atoms with Gasteiger partial charge in [0.2, 0.25) is 0 Å². The van der Waals surface area contributed by atoms with Crippen molar-refractivity contribution in [3.8, 4) is 0 Å². The highest BCUT2D eigenvalue weighted by atomic mass is 16.5. The minimum atomic E-state index is -0.302.